The number of aliphatic carboxylic acids is 1. The molecule has 1 aliphatic heterocycles. The van der Waals surface area contributed by atoms with Crippen LogP contribution >= 0.6 is 0 Å². The molecular formula is C8H16N2O2. The molecule has 1 fully saturated rings. The Kier molecular flexibility index (Phi) is 2.39. The van der Waals surface area contributed by atoms with Crippen LogP contribution in [0.25, 0.3) is 0 Å². The highest BCUT2D eigenvalue weighted by molar-refractivity contribution is 5.78. The first-order valence-corrected chi connectivity index (χ1v) is 4.18. The number of hydrogen-bond donors (Lipinski definition) is 2. The van der Waals surface area contributed by atoms with Crippen LogP contribution in [-0.4, -0.2) is 41.1 Å². The van der Waals surface area contributed by atoms with E-state index in [9.17, 15) is 4.79 Å². The number of piperidine rings is 1. The lowest BCUT2D eigenvalue weighted by Crippen LogP contribution is -2.57. The van der Waals surface area contributed by atoms with Crippen molar-refractivity contribution in [2.45, 2.75) is 31.3 Å². The van der Waals surface area contributed by atoms with Crippen LogP contribution < -0.4 is 5.73 Å². The fraction of sp³-hybridized carbons (Fsp3) is 0.875. The van der Waals surface area contributed by atoms with Crippen LogP contribution in [0.2, 0.25) is 0 Å². The lowest BCUT2D eigenvalue weighted by atomic mass is 9.85. The normalized spacial score (nSPS) is 38.1. The molecule has 1 aliphatic rings. The van der Waals surface area contributed by atoms with Crippen molar-refractivity contribution < 1.29 is 9.90 Å². The van der Waals surface area contributed by atoms with E-state index in [1.54, 1.807) is 0 Å². The summed E-state index contributed by atoms with van der Waals surface area (Å²) in [6.07, 6.45) is 1.09. The standard InChI is InChI=1S/C8H16N2O2/c1-6-5-8(9,7(11)12)3-4-10(6)2/h6H,3-5,9H2,1-2H3,(H,11,12)/t6-,8-/m0/s1. The predicted molar refractivity (Wildman–Crippen MR) is 45.9 cm³/mol. The minimum atomic E-state index is -0.994. The maximum atomic E-state index is 10.8. The van der Waals surface area contributed by atoms with Crippen LogP contribution in [0, 0.1) is 0 Å². The van der Waals surface area contributed by atoms with Gasteiger partial charge in [-0.15, -0.1) is 0 Å². The van der Waals surface area contributed by atoms with Crippen LogP contribution in [0.15, 0.2) is 0 Å². The third kappa shape index (κ3) is 1.59. The van der Waals surface area contributed by atoms with Crippen molar-refractivity contribution >= 4 is 5.97 Å². The van der Waals surface area contributed by atoms with Gasteiger partial charge in [-0.05, 0) is 26.8 Å². The second kappa shape index (κ2) is 3.03. The van der Waals surface area contributed by atoms with Gasteiger partial charge in [0.15, 0.2) is 0 Å². The Morgan fingerprint density at radius 1 is 1.75 bits per heavy atom. The molecule has 3 N–H and O–H groups in total. The number of carbonyl (C=O) groups is 1. The highest BCUT2D eigenvalue weighted by Crippen LogP contribution is 2.23. The molecule has 1 heterocycles. The molecule has 4 nitrogen and oxygen atoms in total. The molecule has 0 amide bonds. The summed E-state index contributed by atoms with van der Waals surface area (Å²) in [6.45, 7) is 2.77. The predicted octanol–water partition coefficient (Wildman–Crippen LogP) is -0.117. The second-order valence-corrected chi connectivity index (χ2v) is 3.75. The average Bonchev–Trinajstić information content (AvgIpc) is 1.97. The zero-order chi connectivity index (χ0) is 9.35. The van der Waals surface area contributed by atoms with Crippen LogP contribution in [0.4, 0.5) is 0 Å². The third-order valence-electron chi connectivity index (χ3n) is 2.75. The van der Waals surface area contributed by atoms with Crippen LogP contribution in [0.3, 0.4) is 0 Å². The first-order valence-electron chi connectivity index (χ1n) is 4.18. The maximum absolute atomic E-state index is 10.8. The molecule has 12 heavy (non-hydrogen) atoms. The van der Waals surface area contributed by atoms with Crippen molar-refractivity contribution in [2.75, 3.05) is 13.6 Å². The average molecular weight is 172 g/mol. The van der Waals surface area contributed by atoms with Gasteiger partial charge in [0.05, 0.1) is 0 Å². The summed E-state index contributed by atoms with van der Waals surface area (Å²) < 4.78 is 0. The Balaban J connectivity index is 2.66. The number of hydrogen-bond acceptors (Lipinski definition) is 3. The molecule has 0 aliphatic carbocycles. The number of carboxylic acid groups (broad SMARTS) is 1. The molecule has 2 atom stereocenters. The topological polar surface area (TPSA) is 66.6 Å². The van der Waals surface area contributed by atoms with E-state index >= 15 is 0 Å². The molecular weight excluding hydrogens is 156 g/mol. The molecule has 1 saturated heterocycles. The van der Waals surface area contributed by atoms with Crippen molar-refractivity contribution in [3.05, 3.63) is 0 Å². The summed E-state index contributed by atoms with van der Waals surface area (Å²) in [4.78, 5) is 12.9. The smallest absolute Gasteiger partial charge is 0.323 e. The molecule has 0 aromatic rings. The lowest BCUT2D eigenvalue weighted by Gasteiger charge is -2.39. The monoisotopic (exact) mass is 172 g/mol. The van der Waals surface area contributed by atoms with E-state index in [0.29, 0.717) is 12.8 Å². The highest BCUT2D eigenvalue weighted by Gasteiger charge is 2.39. The molecule has 4 heteroatoms. The second-order valence-electron chi connectivity index (χ2n) is 3.75. The van der Waals surface area contributed by atoms with Crippen LogP contribution in [0.1, 0.15) is 19.8 Å². The third-order valence-corrected chi connectivity index (χ3v) is 2.75. The van der Waals surface area contributed by atoms with Gasteiger partial charge in [-0.25, -0.2) is 0 Å². The molecule has 0 bridgehead atoms. The van der Waals surface area contributed by atoms with Crippen LogP contribution in [0.5, 0.6) is 0 Å². The van der Waals surface area contributed by atoms with Crippen molar-refractivity contribution in [1.82, 2.24) is 4.90 Å². The van der Waals surface area contributed by atoms with E-state index in [2.05, 4.69) is 4.90 Å². The van der Waals surface area contributed by atoms with Gasteiger partial charge >= 0.3 is 5.97 Å². The van der Waals surface area contributed by atoms with E-state index in [1.165, 1.54) is 0 Å². The fourth-order valence-corrected chi connectivity index (χ4v) is 1.58. The quantitative estimate of drug-likeness (QED) is 0.579. The Bertz CT molecular complexity index is 195. The summed E-state index contributed by atoms with van der Waals surface area (Å²) in [5, 5.41) is 8.86. The summed E-state index contributed by atoms with van der Waals surface area (Å²) in [5.74, 6) is -0.873. The van der Waals surface area contributed by atoms with Crippen molar-refractivity contribution in [1.29, 1.82) is 0 Å². The van der Waals surface area contributed by atoms with Gasteiger partial charge in [0, 0.05) is 12.6 Å². The number of likely N-dealkylation sites (tertiary alicyclic amines) is 1. The maximum Gasteiger partial charge on any atom is 0.323 e. The van der Waals surface area contributed by atoms with E-state index in [4.69, 9.17) is 10.8 Å². The van der Waals surface area contributed by atoms with Gasteiger partial charge in [0.25, 0.3) is 0 Å². The van der Waals surface area contributed by atoms with E-state index in [1.807, 2.05) is 14.0 Å². The van der Waals surface area contributed by atoms with Gasteiger partial charge in [-0.3, -0.25) is 4.79 Å². The Hall–Kier alpha value is -0.610. The largest absolute Gasteiger partial charge is 0.480 e. The first-order chi connectivity index (χ1) is 5.46. The van der Waals surface area contributed by atoms with Gasteiger partial charge in [-0.1, -0.05) is 0 Å². The first kappa shape index (κ1) is 9.48. The molecule has 0 radical (unpaired) electrons. The lowest BCUT2D eigenvalue weighted by molar-refractivity contribution is -0.145. The molecule has 70 valence electrons. The van der Waals surface area contributed by atoms with Crippen LogP contribution in [-0.2, 0) is 4.79 Å². The minimum Gasteiger partial charge on any atom is -0.480 e. The number of carboxylic acids is 1. The Morgan fingerprint density at radius 3 is 2.75 bits per heavy atom. The SMILES string of the molecule is C[C@H]1C[C@](N)(C(=O)O)CCN1C. The molecule has 0 aromatic carbocycles. The molecule has 0 spiro atoms. The summed E-state index contributed by atoms with van der Waals surface area (Å²) in [7, 11) is 1.99. The number of nitrogens with two attached hydrogens (primary N) is 1. The minimum absolute atomic E-state index is 0.264. The summed E-state index contributed by atoms with van der Waals surface area (Å²) in [6, 6.07) is 0.264. The van der Waals surface area contributed by atoms with Crippen molar-refractivity contribution in [3.63, 3.8) is 0 Å². The Morgan fingerprint density at radius 2 is 2.33 bits per heavy atom. The highest BCUT2D eigenvalue weighted by atomic mass is 16.4. The molecule has 1 rings (SSSR count). The zero-order valence-electron chi connectivity index (χ0n) is 7.58. The Labute approximate surface area is 72.3 Å². The number of rotatable bonds is 1. The summed E-state index contributed by atoms with van der Waals surface area (Å²) >= 11 is 0. The fourth-order valence-electron chi connectivity index (χ4n) is 1.58. The van der Waals surface area contributed by atoms with Crippen molar-refractivity contribution in [2.24, 2.45) is 5.73 Å². The molecule has 0 saturated carbocycles. The van der Waals surface area contributed by atoms with E-state index < -0.39 is 11.5 Å². The molecule has 0 unspecified atom stereocenters. The van der Waals surface area contributed by atoms with Gasteiger partial charge in [0.2, 0.25) is 0 Å². The number of nitrogens with zero attached hydrogens (tertiary/aromatic N) is 1. The molecule has 0 aromatic heterocycles. The zero-order valence-corrected chi connectivity index (χ0v) is 7.58. The van der Waals surface area contributed by atoms with E-state index in [-0.39, 0.29) is 6.04 Å². The summed E-state index contributed by atoms with van der Waals surface area (Å²) in [5.41, 5.74) is 4.73. The van der Waals surface area contributed by atoms with E-state index in [0.717, 1.165) is 6.54 Å². The van der Waals surface area contributed by atoms with Gasteiger partial charge < -0.3 is 15.7 Å². The van der Waals surface area contributed by atoms with Gasteiger partial charge in [0.1, 0.15) is 5.54 Å². The van der Waals surface area contributed by atoms with Crippen molar-refractivity contribution in [3.8, 4) is 0 Å². The van der Waals surface area contributed by atoms with Gasteiger partial charge in [-0.2, -0.15) is 0 Å².